The normalized spacial score (nSPS) is 16.4. The van der Waals surface area contributed by atoms with E-state index in [4.69, 9.17) is 0 Å². The van der Waals surface area contributed by atoms with E-state index in [0.29, 0.717) is 11.4 Å². The van der Waals surface area contributed by atoms with E-state index in [1.165, 1.54) is 9.20 Å². The first-order chi connectivity index (χ1) is 18.3. The summed E-state index contributed by atoms with van der Waals surface area (Å²) in [5, 5.41) is 5.81. The second kappa shape index (κ2) is 13.3. The Morgan fingerprint density at radius 2 is 1.58 bits per heavy atom. The van der Waals surface area contributed by atoms with E-state index in [-0.39, 0.29) is 5.91 Å². The number of sulfonamides is 1. The lowest BCUT2D eigenvalue weighted by atomic mass is 10.2. The number of rotatable bonds is 12. The molecule has 11 heteroatoms. The fraction of sp³-hybridized carbons (Fsp3) is 0.519. The van der Waals surface area contributed by atoms with E-state index < -0.39 is 10.0 Å². The van der Waals surface area contributed by atoms with Crippen LogP contribution in [0.4, 0.5) is 11.4 Å². The molecular formula is C27H40N6O3S2. The molecule has 0 atom stereocenters. The highest BCUT2D eigenvalue weighted by Gasteiger charge is 2.27. The van der Waals surface area contributed by atoms with E-state index in [0.717, 1.165) is 81.5 Å². The lowest BCUT2D eigenvalue weighted by molar-refractivity contribution is -0.120. The Kier molecular flexibility index (Phi) is 10.1. The van der Waals surface area contributed by atoms with Crippen molar-refractivity contribution in [3.8, 4) is 0 Å². The second-order valence-electron chi connectivity index (χ2n) is 9.91. The number of carbonyl (C=O) groups is 1. The van der Waals surface area contributed by atoms with Gasteiger partial charge >= 0.3 is 0 Å². The molecule has 4 rings (SSSR count). The van der Waals surface area contributed by atoms with Crippen molar-refractivity contribution in [2.75, 3.05) is 84.9 Å². The first-order valence-electron chi connectivity index (χ1n) is 13.3. The summed E-state index contributed by atoms with van der Waals surface area (Å²) < 4.78 is 26.9. The van der Waals surface area contributed by atoms with Crippen LogP contribution < -0.4 is 15.5 Å². The first kappa shape index (κ1) is 28.8. The molecule has 0 radical (unpaired) electrons. The van der Waals surface area contributed by atoms with Crippen molar-refractivity contribution >= 4 is 39.1 Å². The molecule has 208 valence electrons. The van der Waals surface area contributed by atoms with Crippen LogP contribution in [0.5, 0.6) is 0 Å². The highest BCUT2D eigenvalue weighted by molar-refractivity contribution is 7.99. The zero-order chi connectivity index (χ0) is 27.1. The van der Waals surface area contributed by atoms with Crippen LogP contribution in [-0.4, -0.2) is 108 Å². The largest absolute Gasteiger partial charge is 0.355 e. The van der Waals surface area contributed by atoms with Gasteiger partial charge in [0, 0.05) is 63.2 Å². The number of nitrogens with zero attached hydrogens (tertiary/aromatic N) is 4. The third kappa shape index (κ3) is 7.08. The van der Waals surface area contributed by atoms with Gasteiger partial charge in [0.25, 0.3) is 0 Å². The Bertz CT molecular complexity index is 1200. The number of para-hydroxylation sites is 1. The number of amides is 1. The summed E-state index contributed by atoms with van der Waals surface area (Å²) in [4.78, 5) is 21.4. The van der Waals surface area contributed by atoms with Crippen molar-refractivity contribution in [2.45, 2.75) is 27.5 Å². The van der Waals surface area contributed by atoms with Gasteiger partial charge in [0.1, 0.15) is 0 Å². The van der Waals surface area contributed by atoms with Gasteiger partial charge in [-0.2, -0.15) is 0 Å². The Labute approximate surface area is 231 Å². The van der Waals surface area contributed by atoms with Gasteiger partial charge in [-0.25, -0.2) is 12.7 Å². The molecule has 1 amide bonds. The van der Waals surface area contributed by atoms with Crippen LogP contribution in [-0.2, 0) is 14.8 Å². The molecule has 2 aliphatic heterocycles. The van der Waals surface area contributed by atoms with Crippen LogP contribution in [0.15, 0.2) is 57.2 Å². The van der Waals surface area contributed by atoms with Crippen LogP contribution in [0.25, 0.3) is 0 Å². The molecule has 1 fully saturated rings. The topological polar surface area (TPSA) is 88.2 Å². The van der Waals surface area contributed by atoms with Gasteiger partial charge in [-0.05, 0) is 63.3 Å². The summed E-state index contributed by atoms with van der Waals surface area (Å²) in [6.45, 7) is 8.08. The third-order valence-corrected chi connectivity index (χ3v) is 9.95. The molecule has 0 aromatic heterocycles. The summed E-state index contributed by atoms with van der Waals surface area (Å²) in [7, 11) is 1.40. The predicted octanol–water partition coefficient (Wildman–Crippen LogP) is 2.27. The predicted molar refractivity (Wildman–Crippen MR) is 154 cm³/mol. The highest BCUT2D eigenvalue weighted by atomic mass is 32.2. The molecule has 2 aromatic rings. The molecule has 0 unspecified atom stereocenters. The second-order valence-corrected chi connectivity index (χ2v) is 13.1. The monoisotopic (exact) mass is 560 g/mol. The minimum absolute atomic E-state index is 0.0467. The fourth-order valence-corrected chi connectivity index (χ4v) is 6.86. The maximum atomic E-state index is 12.8. The lowest BCUT2D eigenvalue weighted by Gasteiger charge is -2.36. The number of hydrogen-bond donors (Lipinski definition) is 2. The molecule has 2 aromatic carbocycles. The van der Waals surface area contributed by atoms with E-state index in [1.807, 2.05) is 18.2 Å². The van der Waals surface area contributed by atoms with Crippen molar-refractivity contribution in [1.82, 2.24) is 24.7 Å². The van der Waals surface area contributed by atoms with E-state index in [1.54, 1.807) is 39.0 Å². The molecule has 0 aliphatic carbocycles. The fourth-order valence-electron chi connectivity index (χ4n) is 4.86. The number of anilines is 2. The molecule has 9 nitrogen and oxygen atoms in total. The molecule has 0 bridgehead atoms. The van der Waals surface area contributed by atoms with Gasteiger partial charge in [-0.3, -0.25) is 4.79 Å². The molecule has 38 heavy (non-hydrogen) atoms. The molecular weight excluding hydrogens is 520 g/mol. The Balaban J connectivity index is 1.32. The maximum absolute atomic E-state index is 12.8. The zero-order valence-electron chi connectivity index (χ0n) is 22.6. The van der Waals surface area contributed by atoms with Crippen molar-refractivity contribution in [3.05, 3.63) is 42.5 Å². The summed E-state index contributed by atoms with van der Waals surface area (Å²) in [5.74, 6) is 0.0467. The molecule has 2 heterocycles. The standard InChI is InChI=1S/C27H40N6O3S2/c1-28-21-27(34)29-12-6-13-31-16-18-32(19-17-31)14-7-15-33-23-8-4-5-9-25(23)37-26-11-10-22(20-24(26)33)38(35,36)30(2)3/h4-5,8-11,20,28H,6-7,12-19,21H2,1-3H3,(H,29,34). The first-order valence-corrected chi connectivity index (χ1v) is 15.5. The number of fused-ring (bicyclic) bond motifs is 2. The van der Waals surface area contributed by atoms with Gasteiger partial charge in [0.05, 0.1) is 22.8 Å². The van der Waals surface area contributed by atoms with Gasteiger partial charge in [0.2, 0.25) is 15.9 Å². The van der Waals surface area contributed by atoms with E-state index in [9.17, 15) is 13.2 Å². The van der Waals surface area contributed by atoms with Crippen LogP contribution in [0.3, 0.4) is 0 Å². The van der Waals surface area contributed by atoms with E-state index >= 15 is 0 Å². The van der Waals surface area contributed by atoms with E-state index in [2.05, 4.69) is 43.5 Å². The number of benzene rings is 2. The summed E-state index contributed by atoms with van der Waals surface area (Å²) in [5.41, 5.74) is 2.10. The smallest absolute Gasteiger partial charge is 0.242 e. The van der Waals surface area contributed by atoms with Gasteiger partial charge < -0.3 is 25.3 Å². The molecule has 2 aliphatic rings. The number of nitrogens with one attached hydrogen (secondary N) is 2. The minimum Gasteiger partial charge on any atom is -0.355 e. The Morgan fingerprint density at radius 1 is 0.921 bits per heavy atom. The Hall–Kier alpha value is -2.15. The van der Waals surface area contributed by atoms with Crippen LogP contribution in [0.2, 0.25) is 0 Å². The number of piperazine rings is 1. The number of likely N-dealkylation sites (N-methyl/N-ethyl adjacent to an activating group) is 1. The van der Waals surface area contributed by atoms with Crippen LogP contribution in [0, 0.1) is 0 Å². The average Bonchev–Trinajstić information content (AvgIpc) is 2.91. The molecule has 0 saturated carbocycles. The quantitative estimate of drug-likeness (QED) is 0.383. The van der Waals surface area contributed by atoms with Crippen molar-refractivity contribution in [2.24, 2.45) is 0 Å². The van der Waals surface area contributed by atoms with Gasteiger partial charge in [0.15, 0.2) is 0 Å². The van der Waals surface area contributed by atoms with Crippen LogP contribution >= 0.6 is 11.8 Å². The number of carbonyl (C=O) groups excluding carboxylic acids is 1. The van der Waals surface area contributed by atoms with Gasteiger partial charge in [-0.15, -0.1) is 0 Å². The third-order valence-electron chi connectivity index (χ3n) is 7.01. The molecule has 1 saturated heterocycles. The number of hydrogen-bond acceptors (Lipinski definition) is 8. The van der Waals surface area contributed by atoms with Crippen molar-refractivity contribution in [3.63, 3.8) is 0 Å². The highest BCUT2D eigenvalue weighted by Crippen LogP contribution is 2.48. The molecule has 2 N–H and O–H groups in total. The van der Waals surface area contributed by atoms with Crippen LogP contribution in [0.1, 0.15) is 12.8 Å². The Morgan fingerprint density at radius 3 is 2.26 bits per heavy atom. The summed E-state index contributed by atoms with van der Waals surface area (Å²) >= 11 is 1.70. The van der Waals surface area contributed by atoms with Gasteiger partial charge in [-0.1, -0.05) is 23.9 Å². The van der Waals surface area contributed by atoms with Crippen molar-refractivity contribution in [1.29, 1.82) is 0 Å². The average molecular weight is 561 g/mol. The maximum Gasteiger partial charge on any atom is 0.242 e. The van der Waals surface area contributed by atoms with Crippen molar-refractivity contribution < 1.29 is 13.2 Å². The zero-order valence-corrected chi connectivity index (χ0v) is 24.3. The summed E-state index contributed by atoms with van der Waals surface area (Å²) in [6, 6.07) is 13.8. The molecule has 0 spiro atoms. The SMILES string of the molecule is CNCC(=O)NCCCN1CCN(CCCN2c3ccccc3Sc3ccc(S(=O)(=O)N(C)C)cc32)CC1. The lowest BCUT2D eigenvalue weighted by Crippen LogP contribution is -2.47. The minimum atomic E-state index is -3.51. The summed E-state index contributed by atoms with van der Waals surface area (Å²) in [6.07, 6.45) is 1.95.